The highest BCUT2D eigenvalue weighted by molar-refractivity contribution is 6.05. The van der Waals surface area contributed by atoms with Gasteiger partial charge in [-0.15, -0.1) is 0 Å². The SMILES string of the molecule is COCCN(CC(=O)N1N=C(c2ccc(OC)cc2OC)C[C@@H]1c1ccc(OC)cc1)C(=O)c1cccc(F)c1. The summed E-state index contributed by atoms with van der Waals surface area (Å²) in [6, 6.07) is 17.8. The fourth-order valence-electron chi connectivity index (χ4n) is 4.52. The number of methoxy groups -OCH3 is 4. The Labute approximate surface area is 232 Å². The summed E-state index contributed by atoms with van der Waals surface area (Å²) >= 11 is 0. The second-order valence-electron chi connectivity index (χ2n) is 9.07. The first kappa shape index (κ1) is 28.6. The molecule has 0 fully saturated rings. The monoisotopic (exact) mass is 549 g/mol. The van der Waals surface area contributed by atoms with E-state index in [0.29, 0.717) is 29.4 Å². The zero-order valence-corrected chi connectivity index (χ0v) is 22.9. The maximum absolute atomic E-state index is 13.8. The summed E-state index contributed by atoms with van der Waals surface area (Å²) in [6.45, 7) is 0.0667. The third-order valence-corrected chi connectivity index (χ3v) is 6.64. The summed E-state index contributed by atoms with van der Waals surface area (Å²) in [5, 5.41) is 6.12. The molecule has 1 aliphatic rings. The lowest BCUT2D eigenvalue weighted by Gasteiger charge is -2.27. The van der Waals surface area contributed by atoms with E-state index in [1.807, 2.05) is 30.3 Å². The van der Waals surface area contributed by atoms with Crippen molar-refractivity contribution in [1.29, 1.82) is 0 Å². The van der Waals surface area contributed by atoms with Crippen LogP contribution in [0.15, 0.2) is 71.8 Å². The number of hydrogen-bond acceptors (Lipinski definition) is 7. The zero-order chi connectivity index (χ0) is 28.6. The Bertz CT molecular complexity index is 1380. The quantitative estimate of drug-likeness (QED) is 0.354. The van der Waals surface area contributed by atoms with Gasteiger partial charge in [0, 0.05) is 37.3 Å². The zero-order valence-electron chi connectivity index (χ0n) is 22.9. The number of hydrogen-bond donors (Lipinski definition) is 0. The number of carbonyl (C=O) groups is 2. The lowest BCUT2D eigenvalue weighted by Crippen LogP contribution is -2.42. The number of amides is 2. The molecule has 0 aliphatic carbocycles. The van der Waals surface area contributed by atoms with E-state index < -0.39 is 23.7 Å². The average molecular weight is 550 g/mol. The van der Waals surface area contributed by atoms with Crippen molar-refractivity contribution in [3.63, 3.8) is 0 Å². The normalized spacial score (nSPS) is 14.5. The summed E-state index contributed by atoms with van der Waals surface area (Å²) in [5.74, 6) is 0.456. The molecule has 3 aromatic rings. The second kappa shape index (κ2) is 13.1. The molecule has 0 N–H and O–H groups in total. The predicted molar refractivity (Wildman–Crippen MR) is 147 cm³/mol. The van der Waals surface area contributed by atoms with Crippen LogP contribution in [0, 0.1) is 5.82 Å². The molecule has 0 aromatic heterocycles. The van der Waals surface area contributed by atoms with Crippen molar-refractivity contribution in [3.8, 4) is 17.2 Å². The van der Waals surface area contributed by atoms with Gasteiger partial charge >= 0.3 is 0 Å². The van der Waals surface area contributed by atoms with E-state index >= 15 is 0 Å². The average Bonchev–Trinajstić information content (AvgIpc) is 3.44. The van der Waals surface area contributed by atoms with Crippen molar-refractivity contribution in [2.45, 2.75) is 12.5 Å². The van der Waals surface area contributed by atoms with E-state index in [1.54, 1.807) is 33.5 Å². The lowest BCUT2D eigenvalue weighted by molar-refractivity contribution is -0.133. The van der Waals surface area contributed by atoms with Gasteiger partial charge in [-0.25, -0.2) is 9.40 Å². The number of nitrogens with zero attached hydrogens (tertiary/aromatic N) is 3. The van der Waals surface area contributed by atoms with Crippen LogP contribution in [0.25, 0.3) is 0 Å². The first-order valence-electron chi connectivity index (χ1n) is 12.7. The summed E-state index contributed by atoms with van der Waals surface area (Å²) in [4.78, 5) is 28.4. The molecule has 10 heteroatoms. The lowest BCUT2D eigenvalue weighted by atomic mass is 9.97. The minimum Gasteiger partial charge on any atom is -0.497 e. The standard InChI is InChI=1S/C30H32FN3O6/c1-37-15-14-33(30(36)21-6-5-7-22(31)16-21)19-29(35)34-27(20-8-10-23(38-2)11-9-20)18-26(32-34)25-13-12-24(39-3)17-28(25)40-4/h5-13,16-17,27H,14-15,18-19H2,1-4H3/t27-/m1/s1. The number of carbonyl (C=O) groups excluding carboxylic acids is 2. The molecule has 0 bridgehead atoms. The molecule has 0 unspecified atom stereocenters. The van der Waals surface area contributed by atoms with E-state index in [0.717, 1.165) is 17.2 Å². The van der Waals surface area contributed by atoms with Crippen LogP contribution < -0.4 is 14.2 Å². The van der Waals surface area contributed by atoms with Gasteiger partial charge in [-0.2, -0.15) is 5.10 Å². The Morgan fingerprint density at radius 2 is 1.68 bits per heavy atom. The highest BCUT2D eigenvalue weighted by Crippen LogP contribution is 2.36. The van der Waals surface area contributed by atoms with Crippen LogP contribution in [0.1, 0.15) is 33.9 Å². The van der Waals surface area contributed by atoms with Crippen molar-refractivity contribution < 1.29 is 32.9 Å². The molecule has 4 rings (SSSR count). The van der Waals surface area contributed by atoms with E-state index in [1.165, 1.54) is 35.2 Å². The fourth-order valence-corrected chi connectivity index (χ4v) is 4.52. The van der Waals surface area contributed by atoms with E-state index in [-0.39, 0.29) is 25.3 Å². The topological polar surface area (TPSA) is 89.9 Å². The van der Waals surface area contributed by atoms with Gasteiger partial charge in [-0.05, 0) is 48.0 Å². The minimum absolute atomic E-state index is 0.140. The number of ether oxygens (including phenoxy) is 4. The van der Waals surface area contributed by atoms with Gasteiger partial charge in [0.05, 0.1) is 39.7 Å². The molecular weight excluding hydrogens is 517 g/mol. The molecule has 40 heavy (non-hydrogen) atoms. The highest BCUT2D eigenvalue weighted by Gasteiger charge is 2.35. The molecular formula is C30H32FN3O6. The van der Waals surface area contributed by atoms with Gasteiger partial charge in [-0.1, -0.05) is 18.2 Å². The fraction of sp³-hybridized carbons (Fsp3) is 0.300. The predicted octanol–water partition coefficient (Wildman–Crippen LogP) is 4.32. The molecule has 1 atom stereocenters. The molecule has 0 saturated carbocycles. The summed E-state index contributed by atoms with van der Waals surface area (Å²) < 4.78 is 35.2. The third-order valence-electron chi connectivity index (χ3n) is 6.64. The Hall–Kier alpha value is -4.44. The smallest absolute Gasteiger partial charge is 0.262 e. The minimum atomic E-state index is -0.536. The molecule has 0 radical (unpaired) electrons. The van der Waals surface area contributed by atoms with Gasteiger partial charge < -0.3 is 23.8 Å². The van der Waals surface area contributed by atoms with Crippen molar-refractivity contribution in [1.82, 2.24) is 9.91 Å². The Kier molecular flexibility index (Phi) is 9.34. The van der Waals surface area contributed by atoms with Gasteiger partial charge in [0.25, 0.3) is 11.8 Å². The van der Waals surface area contributed by atoms with E-state index in [9.17, 15) is 14.0 Å². The number of hydrazone groups is 1. The van der Waals surface area contributed by atoms with E-state index in [2.05, 4.69) is 0 Å². The third kappa shape index (κ3) is 6.40. The maximum atomic E-state index is 13.8. The molecule has 210 valence electrons. The Balaban J connectivity index is 1.68. The Morgan fingerprint density at radius 1 is 0.950 bits per heavy atom. The summed E-state index contributed by atoms with van der Waals surface area (Å²) in [5.41, 5.74) is 2.36. The highest BCUT2D eigenvalue weighted by atomic mass is 19.1. The maximum Gasteiger partial charge on any atom is 0.262 e. The van der Waals surface area contributed by atoms with Crippen LogP contribution in [-0.2, 0) is 9.53 Å². The first-order chi connectivity index (χ1) is 19.4. The van der Waals surface area contributed by atoms with Crippen LogP contribution in [0.2, 0.25) is 0 Å². The van der Waals surface area contributed by atoms with Crippen LogP contribution in [0.3, 0.4) is 0 Å². The van der Waals surface area contributed by atoms with Crippen molar-refractivity contribution >= 4 is 17.5 Å². The van der Waals surface area contributed by atoms with Crippen molar-refractivity contribution in [3.05, 3.63) is 89.2 Å². The van der Waals surface area contributed by atoms with Gasteiger partial charge in [0.2, 0.25) is 0 Å². The van der Waals surface area contributed by atoms with Crippen molar-refractivity contribution in [2.24, 2.45) is 5.10 Å². The van der Waals surface area contributed by atoms with E-state index in [4.69, 9.17) is 24.0 Å². The summed E-state index contributed by atoms with van der Waals surface area (Å²) in [7, 11) is 6.22. The molecule has 3 aromatic carbocycles. The first-order valence-corrected chi connectivity index (χ1v) is 12.7. The van der Waals surface area contributed by atoms with Crippen LogP contribution in [-0.4, -0.2) is 75.6 Å². The molecule has 2 amide bonds. The van der Waals surface area contributed by atoms with Gasteiger partial charge in [0.15, 0.2) is 0 Å². The van der Waals surface area contributed by atoms with Crippen LogP contribution >= 0.6 is 0 Å². The van der Waals surface area contributed by atoms with Crippen LogP contribution in [0.4, 0.5) is 4.39 Å². The molecule has 0 spiro atoms. The van der Waals surface area contributed by atoms with Crippen LogP contribution in [0.5, 0.6) is 17.2 Å². The van der Waals surface area contributed by atoms with Gasteiger partial charge in [-0.3, -0.25) is 9.59 Å². The number of rotatable bonds is 11. The van der Waals surface area contributed by atoms with Crippen molar-refractivity contribution in [2.75, 3.05) is 48.1 Å². The Morgan fingerprint density at radius 3 is 2.33 bits per heavy atom. The number of halogens is 1. The molecule has 1 heterocycles. The molecule has 0 saturated heterocycles. The number of benzene rings is 3. The molecule has 1 aliphatic heterocycles. The molecule has 9 nitrogen and oxygen atoms in total. The summed E-state index contributed by atoms with van der Waals surface area (Å²) in [6.07, 6.45) is 0.413. The second-order valence-corrected chi connectivity index (χ2v) is 9.07. The van der Waals surface area contributed by atoms with Gasteiger partial charge in [0.1, 0.15) is 29.6 Å². The largest absolute Gasteiger partial charge is 0.497 e.